The summed E-state index contributed by atoms with van der Waals surface area (Å²) >= 11 is 0. The third-order valence-electron chi connectivity index (χ3n) is 4.51. The van der Waals surface area contributed by atoms with Gasteiger partial charge >= 0.3 is 0 Å². The van der Waals surface area contributed by atoms with Crippen molar-refractivity contribution in [1.29, 1.82) is 0 Å². The van der Waals surface area contributed by atoms with Gasteiger partial charge in [-0.2, -0.15) is 0 Å². The molecular formula is C16H24N2O3. The number of aryl methyl sites for hydroxylation is 1. The third kappa shape index (κ3) is 4.02. The molecule has 1 aromatic rings. The Morgan fingerprint density at radius 1 is 1.48 bits per heavy atom. The second-order valence-corrected chi connectivity index (χ2v) is 6.15. The van der Waals surface area contributed by atoms with Crippen molar-refractivity contribution in [1.82, 2.24) is 5.32 Å². The Hall–Kier alpha value is -1.46. The van der Waals surface area contributed by atoms with Gasteiger partial charge in [0, 0.05) is 37.9 Å². The zero-order valence-electron chi connectivity index (χ0n) is 13.0. The summed E-state index contributed by atoms with van der Waals surface area (Å²) in [6, 6.07) is 5.59. The number of nitrogens with one attached hydrogen (secondary N) is 1. The van der Waals surface area contributed by atoms with E-state index >= 15 is 0 Å². The first-order chi connectivity index (χ1) is 9.97. The molecule has 1 unspecified atom stereocenters. The van der Waals surface area contributed by atoms with E-state index in [0.717, 1.165) is 25.1 Å². The summed E-state index contributed by atoms with van der Waals surface area (Å²) < 4.78 is 5.16. The zero-order chi connectivity index (χ0) is 15.5. The molecule has 0 spiro atoms. The molecule has 0 amide bonds. The van der Waals surface area contributed by atoms with Crippen molar-refractivity contribution in [3.05, 3.63) is 39.4 Å². The highest BCUT2D eigenvalue weighted by Gasteiger charge is 2.41. The van der Waals surface area contributed by atoms with Crippen molar-refractivity contribution in [2.24, 2.45) is 5.41 Å². The summed E-state index contributed by atoms with van der Waals surface area (Å²) in [5.41, 5.74) is 2.24. The molecule has 1 atom stereocenters. The molecule has 0 heterocycles. The molecule has 0 radical (unpaired) electrons. The minimum atomic E-state index is -0.313. The lowest BCUT2D eigenvalue weighted by molar-refractivity contribution is -0.385. The van der Waals surface area contributed by atoms with E-state index in [2.05, 4.69) is 12.2 Å². The van der Waals surface area contributed by atoms with E-state index in [4.69, 9.17) is 4.74 Å². The monoisotopic (exact) mass is 292 g/mol. The van der Waals surface area contributed by atoms with Gasteiger partial charge in [-0.3, -0.25) is 10.1 Å². The molecule has 1 saturated carbocycles. The number of methoxy groups -OCH3 is 1. The molecule has 0 bridgehead atoms. The number of nitro groups is 1. The largest absolute Gasteiger partial charge is 0.385 e. The summed E-state index contributed by atoms with van der Waals surface area (Å²) in [5.74, 6) is 0. The van der Waals surface area contributed by atoms with Gasteiger partial charge < -0.3 is 10.1 Å². The van der Waals surface area contributed by atoms with Crippen molar-refractivity contribution in [2.75, 3.05) is 20.3 Å². The van der Waals surface area contributed by atoms with Crippen LogP contribution in [0.3, 0.4) is 0 Å². The number of nitro benzene ring substituents is 1. The van der Waals surface area contributed by atoms with Crippen LogP contribution in [-0.2, 0) is 4.74 Å². The van der Waals surface area contributed by atoms with Crippen LogP contribution < -0.4 is 5.32 Å². The zero-order valence-corrected chi connectivity index (χ0v) is 13.0. The molecule has 0 saturated heterocycles. The van der Waals surface area contributed by atoms with E-state index in [-0.39, 0.29) is 16.7 Å². The van der Waals surface area contributed by atoms with E-state index in [0.29, 0.717) is 11.0 Å². The topological polar surface area (TPSA) is 64.4 Å². The van der Waals surface area contributed by atoms with E-state index in [9.17, 15) is 10.1 Å². The fourth-order valence-corrected chi connectivity index (χ4v) is 2.59. The SMILES string of the molecule is COCCC1(CNC(C)c2ccc(C)c([N+](=O)[O-])c2)CC1. The lowest BCUT2D eigenvalue weighted by Gasteiger charge is -2.20. The van der Waals surface area contributed by atoms with Crippen LogP contribution in [0.25, 0.3) is 0 Å². The molecule has 1 aliphatic carbocycles. The molecule has 1 aromatic carbocycles. The molecule has 0 aliphatic heterocycles. The van der Waals surface area contributed by atoms with Crippen molar-refractivity contribution >= 4 is 5.69 Å². The first kappa shape index (κ1) is 15.9. The van der Waals surface area contributed by atoms with Crippen LogP contribution in [0.1, 0.15) is 43.4 Å². The van der Waals surface area contributed by atoms with Crippen molar-refractivity contribution in [2.45, 2.75) is 39.2 Å². The lowest BCUT2D eigenvalue weighted by Crippen LogP contribution is -2.27. The minimum absolute atomic E-state index is 0.115. The second kappa shape index (κ2) is 6.54. The maximum absolute atomic E-state index is 11.0. The first-order valence-electron chi connectivity index (χ1n) is 7.45. The Morgan fingerprint density at radius 2 is 2.19 bits per heavy atom. The smallest absolute Gasteiger partial charge is 0.272 e. The number of nitrogens with zero attached hydrogens (tertiary/aromatic N) is 1. The van der Waals surface area contributed by atoms with Crippen LogP contribution in [0.4, 0.5) is 5.69 Å². The molecule has 1 fully saturated rings. The molecule has 21 heavy (non-hydrogen) atoms. The summed E-state index contributed by atoms with van der Waals surface area (Å²) in [7, 11) is 1.73. The van der Waals surface area contributed by atoms with Gasteiger partial charge in [-0.25, -0.2) is 0 Å². The van der Waals surface area contributed by atoms with E-state index in [1.54, 1.807) is 20.1 Å². The number of hydrogen-bond donors (Lipinski definition) is 1. The molecule has 116 valence electrons. The fourth-order valence-electron chi connectivity index (χ4n) is 2.59. The third-order valence-corrected chi connectivity index (χ3v) is 4.51. The van der Waals surface area contributed by atoms with Gasteiger partial charge in [0.1, 0.15) is 0 Å². The summed E-state index contributed by atoms with van der Waals surface area (Å²) in [6.45, 7) is 5.57. The maximum atomic E-state index is 11.0. The Morgan fingerprint density at radius 3 is 2.76 bits per heavy atom. The summed E-state index contributed by atoms with van der Waals surface area (Å²) in [4.78, 5) is 10.7. The standard InChI is InChI=1S/C16H24N2O3/c1-12-4-5-14(10-15(12)18(19)20)13(2)17-11-16(6-7-16)8-9-21-3/h4-5,10,13,17H,6-9,11H2,1-3H3. The Balaban J connectivity index is 1.96. The molecule has 5 heteroatoms. The average molecular weight is 292 g/mol. The maximum Gasteiger partial charge on any atom is 0.272 e. The summed E-state index contributed by atoms with van der Waals surface area (Å²) in [5, 5.41) is 14.5. The van der Waals surface area contributed by atoms with Crippen LogP contribution in [0.5, 0.6) is 0 Å². The number of hydrogen-bond acceptors (Lipinski definition) is 4. The number of rotatable bonds is 8. The number of ether oxygens (including phenoxy) is 1. The van der Waals surface area contributed by atoms with E-state index in [1.165, 1.54) is 12.8 Å². The van der Waals surface area contributed by atoms with Gasteiger partial charge in [-0.1, -0.05) is 12.1 Å². The molecular weight excluding hydrogens is 268 g/mol. The molecule has 5 nitrogen and oxygen atoms in total. The second-order valence-electron chi connectivity index (χ2n) is 6.15. The highest BCUT2D eigenvalue weighted by atomic mass is 16.6. The van der Waals surface area contributed by atoms with Gasteiger partial charge in [-0.05, 0) is 44.1 Å². The summed E-state index contributed by atoms with van der Waals surface area (Å²) in [6.07, 6.45) is 3.56. The highest BCUT2D eigenvalue weighted by Crippen LogP contribution is 2.48. The van der Waals surface area contributed by atoms with Crippen molar-refractivity contribution < 1.29 is 9.66 Å². The quantitative estimate of drug-likeness (QED) is 0.589. The van der Waals surface area contributed by atoms with Crippen LogP contribution in [0.15, 0.2) is 18.2 Å². The fraction of sp³-hybridized carbons (Fsp3) is 0.625. The Kier molecular flexibility index (Phi) is 4.96. The van der Waals surface area contributed by atoms with Crippen LogP contribution >= 0.6 is 0 Å². The lowest BCUT2D eigenvalue weighted by atomic mass is 10.0. The first-order valence-corrected chi connectivity index (χ1v) is 7.45. The van der Waals surface area contributed by atoms with Gasteiger partial charge in [-0.15, -0.1) is 0 Å². The average Bonchev–Trinajstić information content (AvgIpc) is 3.23. The van der Waals surface area contributed by atoms with E-state index < -0.39 is 0 Å². The minimum Gasteiger partial charge on any atom is -0.385 e. The number of benzene rings is 1. The molecule has 2 rings (SSSR count). The van der Waals surface area contributed by atoms with Crippen molar-refractivity contribution in [3.63, 3.8) is 0 Å². The van der Waals surface area contributed by atoms with Crippen LogP contribution in [0.2, 0.25) is 0 Å². The molecule has 1 aliphatic rings. The van der Waals surface area contributed by atoms with Gasteiger partial charge in [0.2, 0.25) is 0 Å². The Bertz CT molecular complexity index is 512. The normalized spacial score (nSPS) is 17.5. The van der Waals surface area contributed by atoms with Gasteiger partial charge in [0.05, 0.1) is 4.92 Å². The van der Waals surface area contributed by atoms with Crippen LogP contribution in [0, 0.1) is 22.5 Å². The van der Waals surface area contributed by atoms with Crippen LogP contribution in [-0.4, -0.2) is 25.2 Å². The van der Waals surface area contributed by atoms with Gasteiger partial charge in [0.25, 0.3) is 5.69 Å². The van der Waals surface area contributed by atoms with Crippen molar-refractivity contribution in [3.8, 4) is 0 Å². The highest BCUT2D eigenvalue weighted by molar-refractivity contribution is 5.43. The predicted molar refractivity (Wildman–Crippen MR) is 82.4 cm³/mol. The molecule has 1 N–H and O–H groups in total. The van der Waals surface area contributed by atoms with E-state index in [1.807, 2.05) is 12.1 Å². The Labute approximate surface area is 125 Å². The van der Waals surface area contributed by atoms with Gasteiger partial charge in [0.15, 0.2) is 0 Å². The molecule has 0 aromatic heterocycles. The predicted octanol–water partition coefficient (Wildman–Crippen LogP) is 3.37.